The smallest absolute Gasteiger partial charge is 0.141 e. The standard InChI is InChI=1S/C7H13N3S/c1-2-11-4-3-10-5-7(8)9-6-10/h5-6H,2-4,8H2,1H3. The van der Waals surface area contributed by atoms with Crippen LogP contribution < -0.4 is 5.73 Å². The van der Waals surface area contributed by atoms with Crippen LogP contribution in [0.25, 0.3) is 0 Å². The van der Waals surface area contributed by atoms with Gasteiger partial charge in [0.15, 0.2) is 0 Å². The van der Waals surface area contributed by atoms with Crippen LogP contribution in [0.2, 0.25) is 0 Å². The summed E-state index contributed by atoms with van der Waals surface area (Å²) in [5.74, 6) is 2.91. The summed E-state index contributed by atoms with van der Waals surface area (Å²) in [6.45, 7) is 3.16. The van der Waals surface area contributed by atoms with Crippen LogP contribution in [-0.4, -0.2) is 21.1 Å². The highest BCUT2D eigenvalue weighted by molar-refractivity contribution is 7.99. The van der Waals surface area contributed by atoms with Crippen molar-refractivity contribution < 1.29 is 0 Å². The van der Waals surface area contributed by atoms with E-state index in [0.29, 0.717) is 5.82 Å². The molecule has 0 aliphatic heterocycles. The lowest BCUT2D eigenvalue weighted by Gasteiger charge is -1.98. The highest BCUT2D eigenvalue weighted by atomic mass is 32.2. The van der Waals surface area contributed by atoms with E-state index >= 15 is 0 Å². The average molecular weight is 171 g/mol. The Balaban J connectivity index is 2.27. The third-order valence-corrected chi connectivity index (χ3v) is 2.23. The lowest BCUT2D eigenvalue weighted by atomic mass is 10.7. The number of aryl methyl sites for hydroxylation is 1. The number of aromatic nitrogens is 2. The molecule has 0 aliphatic carbocycles. The highest BCUT2D eigenvalue weighted by Gasteiger charge is 1.92. The summed E-state index contributed by atoms with van der Waals surface area (Å²) in [5.41, 5.74) is 5.44. The number of nitrogen functional groups attached to an aromatic ring is 1. The van der Waals surface area contributed by atoms with Crippen molar-refractivity contribution in [3.05, 3.63) is 12.5 Å². The number of thioether (sulfide) groups is 1. The molecular formula is C7H13N3S. The van der Waals surface area contributed by atoms with Crippen LogP contribution in [0.3, 0.4) is 0 Å². The van der Waals surface area contributed by atoms with E-state index < -0.39 is 0 Å². The Morgan fingerprint density at radius 3 is 3.09 bits per heavy atom. The van der Waals surface area contributed by atoms with E-state index in [-0.39, 0.29) is 0 Å². The maximum Gasteiger partial charge on any atom is 0.141 e. The van der Waals surface area contributed by atoms with Crippen LogP contribution in [0.15, 0.2) is 12.5 Å². The summed E-state index contributed by atoms with van der Waals surface area (Å²) in [5, 5.41) is 0. The molecule has 0 fully saturated rings. The van der Waals surface area contributed by atoms with Gasteiger partial charge in [0.1, 0.15) is 5.82 Å². The Morgan fingerprint density at radius 1 is 1.73 bits per heavy atom. The normalized spacial score (nSPS) is 10.3. The molecule has 0 saturated carbocycles. The molecule has 0 saturated heterocycles. The van der Waals surface area contributed by atoms with Gasteiger partial charge in [-0.25, -0.2) is 4.98 Å². The Morgan fingerprint density at radius 2 is 2.55 bits per heavy atom. The first kappa shape index (κ1) is 8.46. The molecule has 0 atom stereocenters. The topological polar surface area (TPSA) is 43.8 Å². The fraction of sp³-hybridized carbons (Fsp3) is 0.571. The maximum absolute atomic E-state index is 5.44. The first-order chi connectivity index (χ1) is 5.33. The van der Waals surface area contributed by atoms with E-state index in [1.165, 1.54) is 5.75 Å². The molecule has 1 heterocycles. The largest absolute Gasteiger partial charge is 0.382 e. The monoisotopic (exact) mass is 171 g/mol. The Kier molecular flexibility index (Phi) is 3.29. The average Bonchev–Trinajstić information content (AvgIpc) is 2.37. The van der Waals surface area contributed by atoms with Crippen molar-refractivity contribution in [2.75, 3.05) is 17.2 Å². The lowest BCUT2D eigenvalue weighted by Crippen LogP contribution is -1.97. The molecule has 1 aromatic rings. The van der Waals surface area contributed by atoms with Gasteiger partial charge in [0.2, 0.25) is 0 Å². The third-order valence-electron chi connectivity index (χ3n) is 1.35. The number of rotatable bonds is 4. The SMILES string of the molecule is CCSCCn1cnc(N)c1. The number of nitrogens with zero attached hydrogens (tertiary/aromatic N) is 2. The van der Waals surface area contributed by atoms with Crippen molar-refractivity contribution >= 4 is 17.6 Å². The number of anilines is 1. The summed E-state index contributed by atoms with van der Waals surface area (Å²) >= 11 is 1.92. The molecule has 0 aromatic carbocycles. The van der Waals surface area contributed by atoms with Gasteiger partial charge in [0.05, 0.1) is 6.33 Å². The first-order valence-electron chi connectivity index (χ1n) is 3.68. The molecule has 4 heteroatoms. The Bertz CT molecular complexity index is 209. The molecule has 1 aromatic heterocycles. The van der Waals surface area contributed by atoms with Crippen molar-refractivity contribution in [1.82, 2.24) is 9.55 Å². The van der Waals surface area contributed by atoms with Crippen LogP contribution in [0.1, 0.15) is 6.92 Å². The second-order valence-electron chi connectivity index (χ2n) is 2.23. The van der Waals surface area contributed by atoms with E-state index in [1.54, 1.807) is 6.33 Å². The molecule has 0 aliphatic rings. The van der Waals surface area contributed by atoms with Crippen LogP contribution in [0, 0.1) is 0 Å². The van der Waals surface area contributed by atoms with E-state index in [9.17, 15) is 0 Å². The molecule has 3 nitrogen and oxygen atoms in total. The number of imidazole rings is 1. The van der Waals surface area contributed by atoms with E-state index in [2.05, 4.69) is 11.9 Å². The summed E-state index contributed by atoms with van der Waals surface area (Å²) < 4.78 is 2.01. The van der Waals surface area contributed by atoms with Gasteiger partial charge >= 0.3 is 0 Å². The van der Waals surface area contributed by atoms with Crippen molar-refractivity contribution in [1.29, 1.82) is 0 Å². The van der Waals surface area contributed by atoms with Crippen LogP contribution in [0.5, 0.6) is 0 Å². The lowest BCUT2D eigenvalue weighted by molar-refractivity contribution is 0.771. The highest BCUT2D eigenvalue weighted by Crippen LogP contribution is 2.02. The quantitative estimate of drug-likeness (QED) is 0.693. The number of hydrogen-bond acceptors (Lipinski definition) is 3. The minimum absolute atomic E-state index is 0.603. The molecule has 62 valence electrons. The predicted octanol–water partition coefficient (Wildman–Crippen LogP) is 1.22. The van der Waals surface area contributed by atoms with Gasteiger partial charge in [-0.15, -0.1) is 0 Å². The molecule has 0 amide bonds. The van der Waals surface area contributed by atoms with Crippen LogP contribution in [0.4, 0.5) is 5.82 Å². The molecule has 0 bridgehead atoms. The summed E-state index contributed by atoms with van der Waals surface area (Å²) in [4.78, 5) is 3.93. The third kappa shape index (κ3) is 2.84. The van der Waals surface area contributed by atoms with E-state index in [0.717, 1.165) is 12.3 Å². The number of hydrogen-bond donors (Lipinski definition) is 1. The fourth-order valence-electron chi connectivity index (χ4n) is 0.814. The van der Waals surface area contributed by atoms with Gasteiger partial charge in [-0.05, 0) is 5.75 Å². The molecule has 0 unspecified atom stereocenters. The molecule has 0 radical (unpaired) electrons. The summed E-state index contributed by atoms with van der Waals surface area (Å²) in [6, 6.07) is 0. The van der Waals surface area contributed by atoms with Crippen molar-refractivity contribution in [2.24, 2.45) is 0 Å². The second kappa shape index (κ2) is 4.28. The zero-order valence-corrected chi connectivity index (χ0v) is 7.47. The first-order valence-corrected chi connectivity index (χ1v) is 4.83. The maximum atomic E-state index is 5.44. The molecule has 11 heavy (non-hydrogen) atoms. The zero-order valence-electron chi connectivity index (χ0n) is 6.66. The number of nitrogens with two attached hydrogens (primary N) is 1. The predicted molar refractivity (Wildman–Crippen MR) is 49.6 cm³/mol. The van der Waals surface area contributed by atoms with Gasteiger partial charge in [0.25, 0.3) is 0 Å². The van der Waals surface area contributed by atoms with Crippen molar-refractivity contribution in [3.63, 3.8) is 0 Å². The summed E-state index contributed by atoms with van der Waals surface area (Å²) in [7, 11) is 0. The van der Waals surface area contributed by atoms with Gasteiger partial charge in [0, 0.05) is 18.5 Å². The fourth-order valence-corrected chi connectivity index (χ4v) is 1.44. The minimum Gasteiger partial charge on any atom is -0.382 e. The molecule has 1 rings (SSSR count). The zero-order chi connectivity index (χ0) is 8.10. The van der Waals surface area contributed by atoms with Crippen LogP contribution >= 0.6 is 11.8 Å². The minimum atomic E-state index is 0.603. The molecular weight excluding hydrogens is 158 g/mol. The Hall–Kier alpha value is -0.640. The van der Waals surface area contributed by atoms with Gasteiger partial charge < -0.3 is 10.3 Å². The summed E-state index contributed by atoms with van der Waals surface area (Å²) in [6.07, 6.45) is 3.63. The second-order valence-corrected chi connectivity index (χ2v) is 3.63. The van der Waals surface area contributed by atoms with Gasteiger partial charge in [-0.1, -0.05) is 6.92 Å². The van der Waals surface area contributed by atoms with E-state index in [1.807, 2.05) is 22.5 Å². The van der Waals surface area contributed by atoms with Crippen molar-refractivity contribution in [2.45, 2.75) is 13.5 Å². The Labute approximate surface area is 71.0 Å². The van der Waals surface area contributed by atoms with E-state index in [4.69, 9.17) is 5.73 Å². The van der Waals surface area contributed by atoms with Gasteiger partial charge in [-0.2, -0.15) is 11.8 Å². The van der Waals surface area contributed by atoms with Crippen molar-refractivity contribution in [3.8, 4) is 0 Å². The van der Waals surface area contributed by atoms with Gasteiger partial charge in [-0.3, -0.25) is 0 Å². The molecule has 2 N–H and O–H groups in total. The molecule has 0 spiro atoms. The van der Waals surface area contributed by atoms with Crippen LogP contribution in [-0.2, 0) is 6.54 Å².